The van der Waals surface area contributed by atoms with Gasteiger partial charge in [0.15, 0.2) is 0 Å². The van der Waals surface area contributed by atoms with Crippen molar-refractivity contribution in [3.63, 3.8) is 0 Å². The van der Waals surface area contributed by atoms with Crippen LogP contribution in [0.4, 0.5) is 11.4 Å². The number of primary sulfonamides is 1. The van der Waals surface area contributed by atoms with Crippen molar-refractivity contribution in [2.45, 2.75) is 41.5 Å². The molecule has 0 spiro atoms. The van der Waals surface area contributed by atoms with Gasteiger partial charge in [0.2, 0.25) is 10.0 Å². The summed E-state index contributed by atoms with van der Waals surface area (Å²) in [6, 6.07) is 13.7. The third-order valence-electron chi connectivity index (χ3n) is 5.29. The van der Waals surface area contributed by atoms with E-state index in [4.69, 9.17) is 5.14 Å². The predicted octanol–water partition coefficient (Wildman–Crippen LogP) is 4.53. The van der Waals surface area contributed by atoms with Crippen LogP contribution in [0.3, 0.4) is 0 Å². The number of hydrogen-bond acceptors (Lipinski definition) is 7. The number of rotatable bonds is 10. The largest absolute Gasteiger partial charge is 0.376 e. The normalized spacial score (nSPS) is 15.1. The van der Waals surface area contributed by atoms with E-state index in [-0.39, 0.29) is 41.4 Å². The fraction of sp³-hybridized carbons (Fsp3) is 0.429. The Balaban J connectivity index is 0.00000272. The summed E-state index contributed by atoms with van der Waals surface area (Å²) in [7, 11) is -4.02. The van der Waals surface area contributed by atoms with Gasteiger partial charge in [0.05, 0.1) is 9.82 Å². The van der Waals surface area contributed by atoms with E-state index in [9.17, 15) is 18.5 Å². The first kappa shape index (κ1) is 29.5. The number of nitrogens with one attached hydrogen (secondary N) is 1. The number of hydrogen-bond donors (Lipinski definition) is 2. The Kier molecular flexibility index (Phi) is 12.5. The van der Waals surface area contributed by atoms with Gasteiger partial charge in [0, 0.05) is 29.3 Å². The minimum absolute atomic E-state index is 0. The maximum atomic E-state index is 11.6. The Bertz CT molecular complexity index is 991. The van der Waals surface area contributed by atoms with Crippen molar-refractivity contribution < 1.29 is 13.3 Å². The minimum atomic E-state index is -4.02. The lowest BCUT2D eigenvalue weighted by atomic mass is 10.1. The monoisotopic (exact) mass is 536 g/mol. The van der Waals surface area contributed by atoms with E-state index in [2.05, 4.69) is 10.2 Å². The highest BCUT2D eigenvalue weighted by atomic mass is 35.5. The lowest BCUT2D eigenvalue weighted by molar-refractivity contribution is -0.384. The van der Waals surface area contributed by atoms with Crippen LogP contribution in [-0.2, 0) is 10.0 Å². The van der Waals surface area contributed by atoms with Crippen LogP contribution in [0.2, 0.25) is 0 Å². The summed E-state index contributed by atoms with van der Waals surface area (Å²) < 4.78 is 23.2. The first-order valence-electron chi connectivity index (χ1n) is 10.3. The van der Waals surface area contributed by atoms with Gasteiger partial charge in [-0.2, -0.15) is 0 Å². The number of nitrogens with zero attached hydrogens (tertiary/aromatic N) is 2. The van der Waals surface area contributed by atoms with Crippen LogP contribution < -0.4 is 10.5 Å². The third-order valence-corrected chi connectivity index (χ3v) is 7.38. The number of nitrogens with two attached hydrogens (primary N) is 1. The molecule has 184 valence electrons. The molecule has 0 bridgehead atoms. The van der Waals surface area contributed by atoms with Crippen molar-refractivity contribution in [2.75, 3.05) is 30.7 Å². The highest BCUT2D eigenvalue weighted by Crippen LogP contribution is 2.29. The first-order valence-corrected chi connectivity index (χ1v) is 12.8. The second-order valence-electron chi connectivity index (χ2n) is 7.64. The Hall–Kier alpha value is -1.56. The number of halogens is 2. The summed E-state index contributed by atoms with van der Waals surface area (Å²) in [5, 5.41) is 20.0. The number of sulfonamides is 1. The molecular formula is C21H30Cl2N4O4S2. The zero-order chi connectivity index (χ0) is 22.3. The second kappa shape index (κ2) is 14.0. The van der Waals surface area contributed by atoms with Crippen molar-refractivity contribution in [2.24, 2.45) is 5.14 Å². The van der Waals surface area contributed by atoms with Crippen LogP contribution in [0.15, 0.2) is 58.3 Å². The Labute approximate surface area is 211 Å². The third kappa shape index (κ3) is 9.30. The molecule has 12 heteroatoms. The summed E-state index contributed by atoms with van der Waals surface area (Å²) in [5.41, 5.74) is 0.00825. The van der Waals surface area contributed by atoms with Crippen LogP contribution in [0, 0.1) is 10.1 Å². The smallest absolute Gasteiger partial charge is 0.293 e. The van der Waals surface area contributed by atoms with Crippen LogP contribution in [0.25, 0.3) is 0 Å². The fourth-order valence-corrected chi connectivity index (χ4v) is 5.14. The predicted molar refractivity (Wildman–Crippen MR) is 138 cm³/mol. The van der Waals surface area contributed by atoms with Gasteiger partial charge in [0.25, 0.3) is 5.69 Å². The van der Waals surface area contributed by atoms with Crippen molar-refractivity contribution in [3.05, 3.63) is 58.6 Å². The number of likely N-dealkylation sites (tertiary alicyclic amines) is 1. The average molecular weight is 538 g/mol. The maximum Gasteiger partial charge on any atom is 0.293 e. The number of nitro benzene ring substituents is 1. The molecule has 0 aliphatic carbocycles. The van der Waals surface area contributed by atoms with Crippen LogP contribution >= 0.6 is 36.6 Å². The number of benzene rings is 2. The molecule has 0 unspecified atom stereocenters. The van der Waals surface area contributed by atoms with Crippen molar-refractivity contribution in [3.8, 4) is 0 Å². The van der Waals surface area contributed by atoms with Gasteiger partial charge < -0.3 is 10.2 Å². The van der Waals surface area contributed by atoms with Gasteiger partial charge >= 0.3 is 0 Å². The molecule has 1 fully saturated rings. The Morgan fingerprint density at radius 2 is 1.76 bits per heavy atom. The topological polar surface area (TPSA) is 119 Å². The Morgan fingerprint density at radius 3 is 2.36 bits per heavy atom. The summed E-state index contributed by atoms with van der Waals surface area (Å²) in [6.07, 6.45) is 4.51. The van der Waals surface area contributed by atoms with Crippen molar-refractivity contribution in [1.29, 1.82) is 0 Å². The highest BCUT2D eigenvalue weighted by Gasteiger charge is 2.22. The molecule has 1 heterocycles. The zero-order valence-corrected chi connectivity index (χ0v) is 21.4. The molecule has 1 aliphatic rings. The fourth-order valence-electron chi connectivity index (χ4n) is 3.61. The number of thioether (sulfide) groups is 1. The summed E-state index contributed by atoms with van der Waals surface area (Å²) in [5.74, 6) is 0.728. The number of nitro groups is 1. The standard InChI is InChI=1S/C21H28N4O4S2.2ClH/c22-31(28,29)19-9-10-20(21(15-19)25(26)27)23-17(11-14-24-12-5-2-6-13-24)16-30-18-7-3-1-4-8-18;;/h1,3-4,7-10,15,17,23H,2,5-6,11-14,16H2,(H2,22,28,29);2*1H/t17-;;/m1../s1. The summed E-state index contributed by atoms with van der Waals surface area (Å²) in [4.78, 5) is 14.3. The van der Waals surface area contributed by atoms with E-state index >= 15 is 0 Å². The van der Waals surface area contributed by atoms with E-state index in [1.807, 2.05) is 30.3 Å². The zero-order valence-electron chi connectivity index (χ0n) is 18.1. The van der Waals surface area contributed by atoms with E-state index in [1.165, 1.54) is 31.4 Å². The number of anilines is 1. The van der Waals surface area contributed by atoms with Gasteiger partial charge in [-0.3, -0.25) is 10.1 Å². The molecule has 0 saturated carbocycles. The second-order valence-corrected chi connectivity index (χ2v) is 10.3. The lowest BCUT2D eigenvalue weighted by Crippen LogP contribution is -2.34. The molecule has 1 saturated heterocycles. The maximum absolute atomic E-state index is 11.6. The molecule has 2 aromatic carbocycles. The van der Waals surface area contributed by atoms with Gasteiger partial charge in [0.1, 0.15) is 5.69 Å². The molecule has 33 heavy (non-hydrogen) atoms. The quantitative estimate of drug-likeness (QED) is 0.260. The van der Waals surface area contributed by atoms with E-state index in [0.717, 1.165) is 42.8 Å². The molecule has 0 aromatic heterocycles. The molecule has 1 atom stereocenters. The minimum Gasteiger partial charge on any atom is -0.376 e. The van der Waals surface area contributed by atoms with Crippen LogP contribution in [0.5, 0.6) is 0 Å². The Morgan fingerprint density at radius 1 is 1.09 bits per heavy atom. The van der Waals surface area contributed by atoms with Crippen LogP contribution in [-0.4, -0.2) is 49.7 Å². The van der Waals surface area contributed by atoms with Gasteiger partial charge in [-0.05, 0) is 56.6 Å². The summed E-state index contributed by atoms with van der Waals surface area (Å²) >= 11 is 1.69. The van der Waals surface area contributed by atoms with Gasteiger partial charge in [-0.1, -0.05) is 24.6 Å². The average Bonchev–Trinajstić information content (AvgIpc) is 2.76. The van der Waals surface area contributed by atoms with E-state index < -0.39 is 14.9 Å². The van der Waals surface area contributed by atoms with Crippen LogP contribution in [0.1, 0.15) is 25.7 Å². The molecular weight excluding hydrogens is 507 g/mol. The van der Waals surface area contributed by atoms with Gasteiger partial charge in [-0.25, -0.2) is 13.6 Å². The molecule has 0 radical (unpaired) electrons. The van der Waals surface area contributed by atoms with Crippen molar-refractivity contribution >= 4 is 58.0 Å². The molecule has 1 aliphatic heterocycles. The highest BCUT2D eigenvalue weighted by molar-refractivity contribution is 7.99. The molecule has 8 nitrogen and oxygen atoms in total. The molecule has 3 N–H and O–H groups in total. The molecule has 0 amide bonds. The molecule has 2 aromatic rings. The molecule has 3 rings (SSSR count). The summed E-state index contributed by atoms with van der Waals surface area (Å²) in [6.45, 7) is 3.08. The SMILES string of the molecule is Cl.Cl.NS(=O)(=O)c1ccc(N[C@H](CCN2CCCCC2)CSc2ccccc2)c([N+](=O)[O-])c1. The van der Waals surface area contributed by atoms with Crippen molar-refractivity contribution in [1.82, 2.24) is 4.90 Å². The van der Waals surface area contributed by atoms with E-state index in [0.29, 0.717) is 5.69 Å². The van der Waals surface area contributed by atoms with Gasteiger partial charge in [-0.15, -0.1) is 36.6 Å². The first-order chi connectivity index (χ1) is 14.8. The van der Waals surface area contributed by atoms with E-state index in [1.54, 1.807) is 11.8 Å². The number of piperidine rings is 1. The lowest BCUT2D eigenvalue weighted by Gasteiger charge is -2.29.